The Labute approximate surface area is 127 Å². The third-order valence-electron chi connectivity index (χ3n) is 3.80. The molecule has 0 saturated carbocycles. The van der Waals surface area contributed by atoms with E-state index in [0.717, 1.165) is 25.9 Å². The van der Waals surface area contributed by atoms with E-state index in [4.69, 9.17) is 4.74 Å². The van der Waals surface area contributed by atoms with E-state index in [9.17, 15) is 8.78 Å². The molecule has 1 unspecified atom stereocenters. The average molecular weight is 348 g/mol. The van der Waals surface area contributed by atoms with Gasteiger partial charge in [-0.2, -0.15) is 0 Å². The molecule has 1 saturated heterocycles. The fraction of sp³-hybridized carbons (Fsp3) is 0.600. The van der Waals surface area contributed by atoms with Gasteiger partial charge in [-0.05, 0) is 53.9 Å². The van der Waals surface area contributed by atoms with Crippen molar-refractivity contribution in [2.45, 2.75) is 26.2 Å². The van der Waals surface area contributed by atoms with Crippen LogP contribution in [0.15, 0.2) is 16.6 Å². The maximum atomic E-state index is 14.1. The summed E-state index contributed by atoms with van der Waals surface area (Å²) >= 11 is 3.12. The minimum atomic E-state index is -0.494. The fourth-order valence-electron chi connectivity index (χ4n) is 2.63. The largest absolute Gasteiger partial charge is 0.381 e. The standard InChI is InChI=1S/C15H20BrF2NO/c1-2-6-19-9-15(5-7-20-10-15)8-11-13(17)4-3-12(16)14(11)18/h3-4,19H,2,5-10H2,1H3. The molecule has 0 bridgehead atoms. The SMILES string of the molecule is CCCNCC1(Cc2c(F)ccc(Br)c2F)CCOC1. The van der Waals surface area contributed by atoms with E-state index in [0.29, 0.717) is 24.1 Å². The Hall–Kier alpha value is -0.520. The Kier molecular flexibility index (Phi) is 5.52. The van der Waals surface area contributed by atoms with Crippen molar-refractivity contribution in [3.63, 3.8) is 0 Å². The van der Waals surface area contributed by atoms with E-state index in [1.807, 2.05) is 0 Å². The predicted octanol–water partition coefficient (Wildman–Crippen LogP) is 3.68. The second-order valence-electron chi connectivity index (χ2n) is 5.48. The molecule has 0 aromatic heterocycles. The third kappa shape index (κ3) is 3.57. The van der Waals surface area contributed by atoms with Crippen LogP contribution in [0.4, 0.5) is 8.78 Å². The monoisotopic (exact) mass is 347 g/mol. The number of hydrogen-bond donors (Lipinski definition) is 1. The lowest BCUT2D eigenvalue weighted by molar-refractivity contribution is 0.148. The highest BCUT2D eigenvalue weighted by atomic mass is 79.9. The van der Waals surface area contributed by atoms with Gasteiger partial charge in [0.25, 0.3) is 0 Å². The zero-order valence-corrected chi connectivity index (χ0v) is 13.2. The van der Waals surface area contributed by atoms with Crippen LogP contribution in [0.5, 0.6) is 0 Å². The molecule has 5 heteroatoms. The predicted molar refractivity (Wildman–Crippen MR) is 78.8 cm³/mol. The molecule has 1 heterocycles. The van der Waals surface area contributed by atoms with Gasteiger partial charge in [0.05, 0.1) is 11.1 Å². The molecule has 0 amide bonds. The molecule has 0 radical (unpaired) electrons. The molecule has 112 valence electrons. The van der Waals surface area contributed by atoms with Gasteiger partial charge in [-0.15, -0.1) is 0 Å². The summed E-state index contributed by atoms with van der Waals surface area (Å²) in [5.41, 5.74) is -0.0550. The molecule has 0 spiro atoms. The first-order valence-corrected chi connectivity index (χ1v) is 7.78. The van der Waals surface area contributed by atoms with E-state index >= 15 is 0 Å². The van der Waals surface area contributed by atoms with Crippen molar-refractivity contribution >= 4 is 15.9 Å². The van der Waals surface area contributed by atoms with E-state index in [1.54, 1.807) is 0 Å². The Morgan fingerprint density at radius 2 is 2.20 bits per heavy atom. The number of ether oxygens (including phenoxy) is 1. The van der Waals surface area contributed by atoms with Gasteiger partial charge in [0.15, 0.2) is 0 Å². The van der Waals surface area contributed by atoms with Crippen LogP contribution in [-0.2, 0) is 11.2 Å². The van der Waals surface area contributed by atoms with Crippen LogP contribution in [0.1, 0.15) is 25.3 Å². The minimum Gasteiger partial charge on any atom is -0.381 e. The molecule has 1 aromatic carbocycles. The first kappa shape index (κ1) is 15.9. The molecule has 1 aliphatic heterocycles. The van der Waals surface area contributed by atoms with Gasteiger partial charge >= 0.3 is 0 Å². The second kappa shape index (κ2) is 6.96. The average Bonchev–Trinajstić information content (AvgIpc) is 2.89. The maximum Gasteiger partial charge on any atom is 0.143 e. The van der Waals surface area contributed by atoms with Gasteiger partial charge in [-0.3, -0.25) is 0 Å². The number of benzene rings is 1. The van der Waals surface area contributed by atoms with E-state index in [-0.39, 0.29) is 11.0 Å². The second-order valence-corrected chi connectivity index (χ2v) is 6.33. The fourth-order valence-corrected chi connectivity index (χ4v) is 3.00. The van der Waals surface area contributed by atoms with Crippen LogP contribution in [0.25, 0.3) is 0 Å². The van der Waals surface area contributed by atoms with Gasteiger partial charge in [0.2, 0.25) is 0 Å². The first-order chi connectivity index (χ1) is 9.58. The van der Waals surface area contributed by atoms with Crippen LogP contribution < -0.4 is 5.32 Å². The number of hydrogen-bond acceptors (Lipinski definition) is 2. The van der Waals surface area contributed by atoms with Crippen molar-refractivity contribution in [3.05, 3.63) is 33.8 Å². The Morgan fingerprint density at radius 3 is 2.85 bits per heavy atom. The minimum absolute atomic E-state index is 0.156. The lowest BCUT2D eigenvalue weighted by atomic mass is 9.80. The zero-order valence-electron chi connectivity index (χ0n) is 11.6. The van der Waals surface area contributed by atoms with Gasteiger partial charge in [0.1, 0.15) is 11.6 Å². The first-order valence-electron chi connectivity index (χ1n) is 6.99. The smallest absolute Gasteiger partial charge is 0.143 e. The number of rotatable bonds is 6. The summed E-state index contributed by atoms with van der Waals surface area (Å²) in [4.78, 5) is 0. The molecule has 1 N–H and O–H groups in total. The van der Waals surface area contributed by atoms with Crippen molar-refractivity contribution in [1.82, 2.24) is 5.32 Å². The van der Waals surface area contributed by atoms with Crippen molar-refractivity contribution in [3.8, 4) is 0 Å². The summed E-state index contributed by atoms with van der Waals surface area (Å²) < 4.78 is 33.8. The van der Waals surface area contributed by atoms with E-state index in [1.165, 1.54) is 12.1 Å². The molecule has 2 rings (SSSR count). The highest BCUT2D eigenvalue weighted by molar-refractivity contribution is 9.10. The van der Waals surface area contributed by atoms with Crippen molar-refractivity contribution in [1.29, 1.82) is 0 Å². The Bertz CT molecular complexity index is 461. The van der Waals surface area contributed by atoms with Crippen LogP contribution >= 0.6 is 15.9 Å². The molecular weight excluding hydrogens is 328 g/mol. The lowest BCUT2D eigenvalue weighted by Gasteiger charge is -2.28. The van der Waals surface area contributed by atoms with Gasteiger partial charge < -0.3 is 10.1 Å². The van der Waals surface area contributed by atoms with Crippen LogP contribution in [-0.4, -0.2) is 26.3 Å². The Balaban J connectivity index is 2.18. The molecule has 1 fully saturated rings. The van der Waals surface area contributed by atoms with Crippen molar-refractivity contribution in [2.24, 2.45) is 5.41 Å². The molecule has 1 aromatic rings. The van der Waals surface area contributed by atoms with E-state index < -0.39 is 11.6 Å². The normalized spacial score (nSPS) is 22.4. The third-order valence-corrected chi connectivity index (χ3v) is 4.41. The van der Waals surface area contributed by atoms with E-state index in [2.05, 4.69) is 28.2 Å². The molecule has 20 heavy (non-hydrogen) atoms. The summed E-state index contributed by atoms with van der Waals surface area (Å²) in [6, 6.07) is 2.72. The lowest BCUT2D eigenvalue weighted by Crippen LogP contribution is -2.37. The quantitative estimate of drug-likeness (QED) is 0.626. The molecule has 2 nitrogen and oxygen atoms in total. The number of halogens is 3. The molecule has 1 atom stereocenters. The summed E-state index contributed by atoms with van der Waals surface area (Å²) in [7, 11) is 0. The topological polar surface area (TPSA) is 21.3 Å². The van der Waals surface area contributed by atoms with Crippen LogP contribution in [0.2, 0.25) is 0 Å². The van der Waals surface area contributed by atoms with Crippen LogP contribution in [0, 0.1) is 17.0 Å². The highest BCUT2D eigenvalue weighted by Gasteiger charge is 2.36. The van der Waals surface area contributed by atoms with Crippen molar-refractivity contribution in [2.75, 3.05) is 26.3 Å². The molecule has 1 aliphatic rings. The maximum absolute atomic E-state index is 14.1. The summed E-state index contributed by atoms with van der Waals surface area (Å²) in [6.07, 6.45) is 2.23. The van der Waals surface area contributed by atoms with Crippen molar-refractivity contribution < 1.29 is 13.5 Å². The summed E-state index contributed by atoms with van der Waals surface area (Å²) in [5, 5.41) is 3.36. The van der Waals surface area contributed by atoms with Crippen LogP contribution in [0.3, 0.4) is 0 Å². The van der Waals surface area contributed by atoms with Gasteiger partial charge in [-0.25, -0.2) is 8.78 Å². The summed E-state index contributed by atoms with van der Waals surface area (Å²) in [5.74, 6) is -0.973. The Morgan fingerprint density at radius 1 is 1.40 bits per heavy atom. The molecular formula is C15H20BrF2NO. The molecule has 0 aliphatic carbocycles. The van der Waals surface area contributed by atoms with Gasteiger partial charge in [-0.1, -0.05) is 6.92 Å². The highest BCUT2D eigenvalue weighted by Crippen LogP contribution is 2.35. The zero-order chi connectivity index (χ0) is 14.6. The van der Waals surface area contributed by atoms with Gasteiger partial charge in [0, 0.05) is 24.1 Å². The number of nitrogens with one attached hydrogen (secondary N) is 1. The summed E-state index contributed by atoms with van der Waals surface area (Å²) in [6.45, 7) is 4.94.